The Morgan fingerprint density at radius 1 is 1.67 bits per heavy atom. The minimum Gasteiger partial charge on any atom is -0.393 e. The second-order valence-electron chi connectivity index (χ2n) is 3.95. The molecule has 1 aliphatic carbocycles. The molecular formula is C10H13BrN2O2. The van der Waals surface area contributed by atoms with Crippen LogP contribution in [-0.4, -0.2) is 27.7 Å². The van der Waals surface area contributed by atoms with Gasteiger partial charge in [0, 0.05) is 23.8 Å². The van der Waals surface area contributed by atoms with E-state index < -0.39 is 0 Å². The number of amides is 1. The van der Waals surface area contributed by atoms with Gasteiger partial charge in [0.2, 0.25) is 0 Å². The third kappa shape index (κ3) is 2.23. The van der Waals surface area contributed by atoms with E-state index in [0.29, 0.717) is 18.5 Å². The fraction of sp³-hybridized carbons (Fsp3) is 0.500. The van der Waals surface area contributed by atoms with Gasteiger partial charge in [-0.25, -0.2) is 0 Å². The number of rotatable bonds is 2. The predicted molar refractivity (Wildman–Crippen MR) is 59.6 cm³/mol. The van der Waals surface area contributed by atoms with Crippen molar-refractivity contribution in [2.24, 2.45) is 7.05 Å². The fourth-order valence-corrected chi connectivity index (χ4v) is 2.24. The number of carbonyl (C=O) groups is 1. The first-order chi connectivity index (χ1) is 7.06. The van der Waals surface area contributed by atoms with E-state index in [4.69, 9.17) is 5.11 Å². The maximum absolute atomic E-state index is 11.8. The van der Waals surface area contributed by atoms with Crippen molar-refractivity contribution in [2.75, 3.05) is 0 Å². The molecule has 0 aliphatic heterocycles. The van der Waals surface area contributed by atoms with Gasteiger partial charge in [-0.15, -0.1) is 0 Å². The summed E-state index contributed by atoms with van der Waals surface area (Å²) in [7, 11) is 1.83. The van der Waals surface area contributed by atoms with Crippen molar-refractivity contribution in [1.29, 1.82) is 0 Å². The third-order valence-electron chi connectivity index (χ3n) is 2.65. The van der Waals surface area contributed by atoms with E-state index in [1.807, 2.05) is 13.2 Å². The van der Waals surface area contributed by atoms with E-state index >= 15 is 0 Å². The van der Waals surface area contributed by atoms with E-state index in [0.717, 1.165) is 4.47 Å². The molecule has 15 heavy (non-hydrogen) atoms. The molecule has 4 nitrogen and oxygen atoms in total. The van der Waals surface area contributed by atoms with Crippen LogP contribution in [0.3, 0.4) is 0 Å². The van der Waals surface area contributed by atoms with Gasteiger partial charge in [0.05, 0.1) is 6.10 Å². The molecule has 0 unspecified atom stereocenters. The van der Waals surface area contributed by atoms with Crippen molar-refractivity contribution in [3.8, 4) is 0 Å². The molecule has 0 aromatic carbocycles. The maximum atomic E-state index is 11.8. The first kappa shape index (κ1) is 10.7. The molecule has 0 bridgehead atoms. The molecule has 1 heterocycles. The highest BCUT2D eigenvalue weighted by Crippen LogP contribution is 2.20. The van der Waals surface area contributed by atoms with Crippen molar-refractivity contribution >= 4 is 21.8 Å². The van der Waals surface area contributed by atoms with Gasteiger partial charge in [-0.2, -0.15) is 0 Å². The number of aliphatic hydroxyl groups excluding tert-OH is 1. The van der Waals surface area contributed by atoms with Crippen LogP contribution < -0.4 is 5.32 Å². The minimum atomic E-state index is -0.240. The van der Waals surface area contributed by atoms with Gasteiger partial charge in [-0.3, -0.25) is 4.79 Å². The molecule has 2 rings (SSSR count). The van der Waals surface area contributed by atoms with Gasteiger partial charge < -0.3 is 15.0 Å². The quantitative estimate of drug-likeness (QED) is 0.846. The number of aliphatic hydroxyl groups is 1. The van der Waals surface area contributed by atoms with E-state index in [-0.39, 0.29) is 18.1 Å². The van der Waals surface area contributed by atoms with Crippen LogP contribution in [0, 0.1) is 0 Å². The molecule has 1 aromatic heterocycles. The molecule has 5 heteroatoms. The summed E-state index contributed by atoms with van der Waals surface area (Å²) in [4.78, 5) is 11.8. The lowest BCUT2D eigenvalue weighted by atomic mass is 9.89. The van der Waals surface area contributed by atoms with Gasteiger partial charge in [0.25, 0.3) is 5.91 Å². The van der Waals surface area contributed by atoms with Crippen LogP contribution in [0.5, 0.6) is 0 Å². The van der Waals surface area contributed by atoms with Crippen LogP contribution >= 0.6 is 15.9 Å². The van der Waals surface area contributed by atoms with Gasteiger partial charge in [-0.05, 0) is 34.8 Å². The van der Waals surface area contributed by atoms with Gasteiger partial charge >= 0.3 is 0 Å². The SMILES string of the molecule is Cn1cc(Br)cc1C(=O)NC1CC(O)C1. The molecule has 0 radical (unpaired) electrons. The Hall–Kier alpha value is -0.810. The monoisotopic (exact) mass is 272 g/mol. The highest BCUT2D eigenvalue weighted by atomic mass is 79.9. The zero-order valence-corrected chi connectivity index (χ0v) is 9.99. The normalized spacial score (nSPS) is 24.7. The second kappa shape index (κ2) is 3.98. The Bertz CT molecular complexity index is 383. The molecular weight excluding hydrogens is 260 g/mol. The number of nitrogens with one attached hydrogen (secondary N) is 1. The van der Waals surface area contributed by atoms with Crippen molar-refractivity contribution in [3.05, 3.63) is 22.4 Å². The van der Waals surface area contributed by atoms with Crippen LogP contribution in [-0.2, 0) is 7.05 Å². The summed E-state index contributed by atoms with van der Waals surface area (Å²) in [5.74, 6) is -0.0832. The van der Waals surface area contributed by atoms with Gasteiger partial charge in [0.1, 0.15) is 5.69 Å². The minimum absolute atomic E-state index is 0.0832. The largest absolute Gasteiger partial charge is 0.393 e. The smallest absolute Gasteiger partial charge is 0.268 e. The summed E-state index contributed by atoms with van der Waals surface area (Å²) < 4.78 is 2.66. The highest BCUT2D eigenvalue weighted by molar-refractivity contribution is 9.10. The number of halogens is 1. The van der Waals surface area contributed by atoms with Crippen LogP contribution in [0.15, 0.2) is 16.7 Å². The van der Waals surface area contributed by atoms with E-state index in [9.17, 15) is 4.79 Å². The van der Waals surface area contributed by atoms with Crippen LogP contribution in [0.4, 0.5) is 0 Å². The van der Waals surface area contributed by atoms with E-state index in [2.05, 4.69) is 21.2 Å². The Morgan fingerprint density at radius 3 is 2.80 bits per heavy atom. The molecule has 1 fully saturated rings. The summed E-state index contributed by atoms with van der Waals surface area (Å²) in [6.07, 6.45) is 2.93. The molecule has 1 amide bonds. The van der Waals surface area contributed by atoms with Crippen molar-refractivity contribution < 1.29 is 9.90 Å². The number of carbonyl (C=O) groups excluding carboxylic acids is 1. The summed E-state index contributed by atoms with van der Waals surface area (Å²) in [6.45, 7) is 0. The molecule has 1 aliphatic rings. The molecule has 0 saturated heterocycles. The fourth-order valence-electron chi connectivity index (χ4n) is 1.71. The van der Waals surface area contributed by atoms with Gasteiger partial charge in [-0.1, -0.05) is 0 Å². The lowest BCUT2D eigenvalue weighted by molar-refractivity contribution is 0.0559. The zero-order chi connectivity index (χ0) is 11.0. The van der Waals surface area contributed by atoms with E-state index in [1.165, 1.54) is 0 Å². The molecule has 1 saturated carbocycles. The average molecular weight is 273 g/mol. The average Bonchev–Trinajstić information content (AvgIpc) is 2.42. The number of nitrogens with zero attached hydrogens (tertiary/aromatic N) is 1. The summed E-state index contributed by atoms with van der Waals surface area (Å²) in [6, 6.07) is 1.91. The topological polar surface area (TPSA) is 54.3 Å². The van der Waals surface area contributed by atoms with Crippen molar-refractivity contribution in [2.45, 2.75) is 25.0 Å². The third-order valence-corrected chi connectivity index (χ3v) is 3.09. The number of hydrogen-bond donors (Lipinski definition) is 2. The van der Waals surface area contributed by atoms with E-state index in [1.54, 1.807) is 10.6 Å². The molecule has 82 valence electrons. The number of hydrogen-bond acceptors (Lipinski definition) is 2. The maximum Gasteiger partial charge on any atom is 0.268 e. The van der Waals surface area contributed by atoms with Crippen LogP contribution in [0.25, 0.3) is 0 Å². The van der Waals surface area contributed by atoms with Crippen LogP contribution in [0.1, 0.15) is 23.3 Å². The summed E-state index contributed by atoms with van der Waals surface area (Å²) in [5.41, 5.74) is 0.628. The second-order valence-corrected chi connectivity index (χ2v) is 4.87. The zero-order valence-electron chi connectivity index (χ0n) is 8.40. The highest BCUT2D eigenvalue weighted by Gasteiger charge is 2.29. The van der Waals surface area contributed by atoms with Crippen molar-refractivity contribution in [1.82, 2.24) is 9.88 Å². The molecule has 0 spiro atoms. The Labute approximate surface area is 96.4 Å². The van der Waals surface area contributed by atoms with Gasteiger partial charge in [0.15, 0.2) is 0 Å². The first-order valence-electron chi connectivity index (χ1n) is 4.87. The molecule has 2 N–H and O–H groups in total. The Balaban J connectivity index is 1.99. The predicted octanol–water partition coefficient (Wildman–Crippen LogP) is 1.04. The standard InChI is InChI=1S/C10H13BrN2O2/c1-13-5-6(11)2-9(13)10(15)12-7-3-8(14)4-7/h2,5,7-8,14H,3-4H2,1H3,(H,12,15). The molecule has 1 aromatic rings. The molecule has 0 atom stereocenters. The summed E-state index contributed by atoms with van der Waals surface area (Å²) >= 11 is 3.32. The number of aromatic nitrogens is 1. The lowest BCUT2D eigenvalue weighted by Gasteiger charge is -2.31. The van der Waals surface area contributed by atoms with Crippen LogP contribution in [0.2, 0.25) is 0 Å². The lowest BCUT2D eigenvalue weighted by Crippen LogP contribution is -2.47. The first-order valence-corrected chi connectivity index (χ1v) is 5.66. The Morgan fingerprint density at radius 2 is 2.33 bits per heavy atom. The summed E-state index contributed by atoms with van der Waals surface area (Å²) in [5, 5.41) is 12.0. The van der Waals surface area contributed by atoms with Crippen molar-refractivity contribution in [3.63, 3.8) is 0 Å². The Kier molecular flexibility index (Phi) is 2.84. The number of aryl methyl sites for hydroxylation is 1.